The van der Waals surface area contributed by atoms with Gasteiger partial charge >= 0.3 is 0 Å². The second kappa shape index (κ2) is 25.6. The standard InChI is InChI=1S/C55H72ClN10O7PS/c1-35-49(75-34-59-35)37-21-19-36(20-22-37)31-57-52(70)44-30-40(67)33-66(44)53(71)50(55(2,3)4)63-48(69)18-12-10-8-9-11-17-47(68)60-38-25-27-65(28-26-38)39-23-24-42(45(29-39)73-5)62-54-58-32-41(56)51(64-54)61-43-15-13-14-16-46(43)74(6,7)72/h13-16,19-24,29,32,34,38,40,44,50,67H,8-12,17-18,25-28,30-31,33H2,1-7H3,(H,57,70)(H,60,68)(H,63,69)(H2,58,61,62,64). The highest BCUT2D eigenvalue weighted by Crippen LogP contribution is 2.39. The number of benzene rings is 3. The van der Waals surface area contributed by atoms with Gasteiger partial charge in [0.1, 0.15) is 30.0 Å². The lowest BCUT2D eigenvalue weighted by molar-refractivity contribution is -0.144. The Kier molecular flexibility index (Phi) is 19.4. The zero-order valence-corrected chi connectivity index (χ0v) is 46.5. The molecule has 3 aromatic carbocycles. The minimum Gasteiger partial charge on any atom is -0.494 e. The smallest absolute Gasteiger partial charge is 0.246 e. The SMILES string of the molecule is COc1cc(N2CCC(NC(=O)CCCCCCCC(=O)NC(C(=O)N3CC(O)CC3C(=O)NCc3ccc(-c4scnc4C)cc3)C(C)(C)C)CC2)ccc1Nc1ncc(Cl)c(Nc2ccccc2P(C)(C)=O)n1. The zero-order chi connectivity index (χ0) is 53.9. The number of aliphatic hydroxyl groups excluding tert-OH is 1. The fourth-order valence-electron chi connectivity index (χ4n) is 9.49. The van der Waals surface area contributed by atoms with Gasteiger partial charge in [-0.3, -0.25) is 19.2 Å². The Bertz CT molecular complexity index is 2830. The molecule has 7 rings (SSSR count). The quantitative estimate of drug-likeness (QED) is 0.0282. The number of rotatable bonds is 22. The van der Waals surface area contributed by atoms with Crippen LogP contribution in [-0.4, -0.2) is 113 Å². The first-order valence-corrected chi connectivity index (χ1v) is 29.6. The van der Waals surface area contributed by atoms with Crippen molar-refractivity contribution in [3.8, 4) is 16.2 Å². The van der Waals surface area contributed by atoms with Crippen LogP contribution in [0.4, 0.5) is 28.8 Å². The molecular weight excluding hydrogens is 1010 g/mol. The minimum atomic E-state index is -2.57. The van der Waals surface area contributed by atoms with Crippen LogP contribution in [-0.2, 0) is 30.3 Å². The van der Waals surface area contributed by atoms with Gasteiger partial charge in [0.05, 0.1) is 46.9 Å². The first kappa shape index (κ1) is 56.7. The number of hydrogen-bond acceptors (Lipinski definition) is 14. The average Bonchev–Trinajstić information content (AvgIpc) is 4.00. The molecule has 2 aromatic heterocycles. The van der Waals surface area contributed by atoms with Gasteiger partial charge in [-0.2, -0.15) is 4.98 Å². The maximum atomic E-state index is 14.1. The Hall–Kier alpha value is -6.07. The first-order chi connectivity index (χ1) is 35.8. The summed E-state index contributed by atoms with van der Waals surface area (Å²) in [6, 6.07) is 19.5. The van der Waals surface area contributed by atoms with Crippen LogP contribution >= 0.6 is 30.1 Å². The van der Waals surface area contributed by atoms with Gasteiger partial charge in [0.15, 0.2) is 5.82 Å². The molecule has 3 unspecified atom stereocenters. The minimum absolute atomic E-state index is 0.0122. The molecule has 2 aliphatic heterocycles. The molecule has 17 nitrogen and oxygen atoms in total. The van der Waals surface area contributed by atoms with Crippen LogP contribution in [0, 0.1) is 12.3 Å². The predicted molar refractivity (Wildman–Crippen MR) is 299 cm³/mol. The number of hydrogen-bond donors (Lipinski definition) is 6. The number of para-hydroxylation sites is 1. The molecule has 0 saturated carbocycles. The van der Waals surface area contributed by atoms with E-state index >= 15 is 0 Å². The number of carbonyl (C=O) groups excluding carboxylic acids is 4. The molecule has 6 N–H and O–H groups in total. The van der Waals surface area contributed by atoms with Crippen molar-refractivity contribution in [2.24, 2.45) is 5.41 Å². The van der Waals surface area contributed by atoms with E-state index in [-0.39, 0.29) is 55.6 Å². The molecule has 4 heterocycles. The Morgan fingerprint density at radius 3 is 2.27 bits per heavy atom. The van der Waals surface area contributed by atoms with Gasteiger partial charge in [-0.15, -0.1) is 11.3 Å². The van der Waals surface area contributed by atoms with Crippen LogP contribution in [0.15, 0.2) is 78.4 Å². The van der Waals surface area contributed by atoms with E-state index in [0.717, 1.165) is 79.0 Å². The number of nitrogens with one attached hydrogen (secondary N) is 5. The fraction of sp³-hybridized carbons (Fsp3) is 0.473. The molecule has 402 valence electrons. The van der Waals surface area contributed by atoms with E-state index in [1.165, 1.54) is 11.1 Å². The molecular formula is C55H72ClN10O7PS. The Morgan fingerprint density at radius 1 is 0.907 bits per heavy atom. The number of aryl methyl sites for hydroxylation is 1. The molecule has 20 heteroatoms. The van der Waals surface area contributed by atoms with Gasteiger partial charge in [0.2, 0.25) is 29.6 Å². The van der Waals surface area contributed by atoms with Crippen molar-refractivity contribution in [1.82, 2.24) is 35.8 Å². The number of aliphatic hydroxyl groups is 1. The molecule has 0 aliphatic carbocycles. The third-order valence-electron chi connectivity index (χ3n) is 13.7. The van der Waals surface area contributed by atoms with Crippen LogP contribution in [0.5, 0.6) is 5.75 Å². The lowest BCUT2D eigenvalue weighted by Gasteiger charge is -2.35. The summed E-state index contributed by atoms with van der Waals surface area (Å²) in [6.45, 7) is 12.9. The molecule has 0 bridgehead atoms. The molecule has 0 radical (unpaired) electrons. The van der Waals surface area contributed by atoms with Gasteiger partial charge in [-0.25, -0.2) is 9.97 Å². The molecule has 2 aliphatic rings. The monoisotopic (exact) mass is 1080 g/mol. The van der Waals surface area contributed by atoms with Crippen LogP contribution in [0.1, 0.15) is 96.2 Å². The summed E-state index contributed by atoms with van der Waals surface area (Å²) in [5, 5.41) is 27.2. The van der Waals surface area contributed by atoms with Crippen LogP contribution in [0.25, 0.3) is 10.4 Å². The third-order valence-corrected chi connectivity index (χ3v) is 16.5. The lowest BCUT2D eigenvalue weighted by atomic mass is 9.85. The number of unbranched alkanes of at least 4 members (excludes halogenated alkanes) is 4. The lowest BCUT2D eigenvalue weighted by Crippen LogP contribution is -2.57. The highest BCUT2D eigenvalue weighted by molar-refractivity contribution is 7.70. The van der Waals surface area contributed by atoms with Crippen molar-refractivity contribution in [3.05, 3.63) is 94.7 Å². The van der Waals surface area contributed by atoms with Crippen LogP contribution in [0.2, 0.25) is 5.02 Å². The van der Waals surface area contributed by atoms with Gasteiger partial charge in [-0.05, 0) is 86.7 Å². The van der Waals surface area contributed by atoms with Crippen molar-refractivity contribution >= 4 is 87.8 Å². The second-order valence-corrected chi connectivity index (χ2v) is 25.4. The summed E-state index contributed by atoms with van der Waals surface area (Å²) in [5.41, 5.74) is 6.43. The summed E-state index contributed by atoms with van der Waals surface area (Å²) in [7, 11) is -0.966. The number of methoxy groups -OCH3 is 1. The molecule has 4 amide bonds. The van der Waals surface area contributed by atoms with Gasteiger partial charge in [0, 0.05) is 68.5 Å². The number of thiazole rings is 1. The highest BCUT2D eigenvalue weighted by atomic mass is 35.5. The number of ether oxygens (including phenoxy) is 1. The predicted octanol–water partition coefficient (Wildman–Crippen LogP) is 8.93. The van der Waals surface area contributed by atoms with Crippen LogP contribution < -0.4 is 41.5 Å². The number of nitrogens with zero attached hydrogens (tertiary/aromatic N) is 5. The van der Waals surface area contributed by atoms with E-state index in [4.69, 9.17) is 16.3 Å². The van der Waals surface area contributed by atoms with Gasteiger partial charge in [0.25, 0.3) is 0 Å². The summed E-state index contributed by atoms with van der Waals surface area (Å²) >= 11 is 8.05. The number of piperidine rings is 1. The average molecular weight is 1080 g/mol. The largest absolute Gasteiger partial charge is 0.494 e. The van der Waals surface area contributed by atoms with Crippen molar-refractivity contribution in [2.45, 2.75) is 123 Å². The summed E-state index contributed by atoms with van der Waals surface area (Å²) in [4.78, 5) is 71.8. The Morgan fingerprint density at radius 2 is 1.60 bits per heavy atom. The van der Waals surface area contributed by atoms with Gasteiger partial charge in [-0.1, -0.05) is 88.0 Å². The second-order valence-electron chi connectivity index (χ2n) is 20.9. The molecule has 0 spiro atoms. The van der Waals surface area contributed by atoms with E-state index in [1.54, 1.807) is 31.8 Å². The fourth-order valence-corrected chi connectivity index (χ4v) is 11.6. The number of carbonyl (C=O) groups is 4. The van der Waals surface area contributed by atoms with E-state index in [9.17, 15) is 28.8 Å². The normalized spacial score (nSPS) is 16.5. The number of likely N-dealkylation sites (tertiary alicyclic amines) is 1. The summed E-state index contributed by atoms with van der Waals surface area (Å²) in [5.74, 6) is 0.357. The molecule has 75 heavy (non-hydrogen) atoms. The van der Waals surface area contributed by atoms with E-state index in [0.29, 0.717) is 52.1 Å². The van der Waals surface area contributed by atoms with Crippen molar-refractivity contribution in [1.29, 1.82) is 0 Å². The third kappa shape index (κ3) is 15.5. The van der Waals surface area contributed by atoms with E-state index in [1.807, 2.05) is 99.9 Å². The first-order valence-electron chi connectivity index (χ1n) is 25.8. The summed E-state index contributed by atoms with van der Waals surface area (Å²) in [6.07, 6.45) is 7.01. The number of amides is 4. The topological polar surface area (TPSA) is 220 Å². The summed E-state index contributed by atoms with van der Waals surface area (Å²) < 4.78 is 18.7. The van der Waals surface area contributed by atoms with Crippen molar-refractivity contribution in [2.75, 3.05) is 55.6 Å². The maximum absolute atomic E-state index is 14.1. The number of aromatic nitrogens is 3. The van der Waals surface area contributed by atoms with Crippen molar-refractivity contribution < 1.29 is 33.6 Å². The van der Waals surface area contributed by atoms with Gasteiger partial charge < -0.3 is 50.8 Å². The molecule has 3 atom stereocenters. The number of anilines is 5. The van der Waals surface area contributed by atoms with E-state index < -0.39 is 30.7 Å². The highest BCUT2D eigenvalue weighted by Gasteiger charge is 2.44. The Balaban J connectivity index is 0.787. The number of halogens is 1. The van der Waals surface area contributed by atoms with Crippen LogP contribution in [0.3, 0.4) is 0 Å². The van der Waals surface area contributed by atoms with Crippen molar-refractivity contribution in [3.63, 3.8) is 0 Å². The zero-order valence-electron chi connectivity index (χ0n) is 44.1. The Labute approximate surface area is 449 Å². The molecule has 2 fully saturated rings. The van der Waals surface area contributed by atoms with E-state index in [2.05, 4.69) is 46.4 Å². The number of β-amino-alcohol motifs (C(OH)–C–C–N with tert-alkyl or cyclic N) is 1. The maximum Gasteiger partial charge on any atom is 0.246 e. The molecule has 2 saturated heterocycles. The molecule has 5 aromatic rings.